The first-order valence-electron chi connectivity index (χ1n) is 7.96. The highest BCUT2D eigenvalue weighted by molar-refractivity contribution is 6.30. The Morgan fingerprint density at radius 3 is 2.33 bits per heavy atom. The van der Waals surface area contributed by atoms with Gasteiger partial charge in [0.25, 0.3) is 0 Å². The fourth-order valence-corrected chi connectivity index (χ4v) is 2.57. The molecule has 3 aromatic rings. The number of nitrogens with one attached hydrogen (secondary N) is 1. The molecule has 2 nitrogen and oxygen atoms in total. The van der Waals surface area contributed by atoms with E-state index < -0.39 is 0 Å². The van der Waals surface area contributed by atoms with Crippen LogP contribution in [0.4, 0.5) is 5.69 Å². The SMILES string of the molecule is Cc1cccc(COc2ccc(CNc3ccc(Cl)cc3)cc2)c1. The van der Waals surface area contributed by atoms with Gasteiger partial charge >= 0.3 is 0 Å². The van der Waals surface area contributed by atoms with Crippen molar-refractivity contribution in [1.29, 1.82) is 0 Å². The van der Waals surface area contributed by atoms with E-state index in [1.54, 1.807) is 0 Å². The molecule has 3 heteroatoms. The monoisotopic (exact) mass is 337 g/mol. The normalized spacial score (nSPS) is 10.4. The van der Waals surface area contributed by atoms with Crippen LogP contribution < -0.4 is 10.1 Å². The minimum absolute atomic E-state index is 0.587. The van der Waals surface area contributed by atoms with Crippen molar-refractivity contribution in [2.75, 3.05) is 5.32 Å². The minimum Gasteiger partial charge on any atom is -0.489 e. The third kappa shape index (κ3) is 4.77. The van der Waals surface area contributed by atoms with Crippen LogP contribution in [0.1, 0.15) is 16.7 Å². The van der Waals surface area contributed by atoms with Gasteiger partial charge in [0.05, 0.1) is 0 Å². The van der Waals surface area contributed by atoms with E-state index in [2.05, 4.69) is 48.6 Å². The van der Waals surface area contributed by atoms with E-state index in [-0.39, 0.29) is 0 Å². The lowest BCUT2D eigenvalue weighted by Gasteiger charge is -2.09. The quantitative estimate of drug-likeness (QED) is 0.610. The van der Waals surface area contributed by atoms with Gasteiger partial charge in [0.15, 0.2) is 0 Å². The van der Waals surface area contributed by atoms with Crippen LogP contribution in [0.15, 0.2) is 72.8 Å². The van der Waals surface area contributed by atoms with Crippen molar-refractivity contribution in [3.63, 3.8) is 0 Å². The largest absolute Gasteiger partial charge is 0.489 e. The second kappa shape index (κ2) is 7.89. The molecule has 0 atom stereocenters. The molecule has 0 unspecified atom stereocenters. The van der Waals surface area contributed by atoms with Gasteiger partial charge in [-0.3, -0.25) is 0 Å². The van der Waals surface area contributed by atoms with Crippen LogP contribution >= 0.6 is 11.6 Å². The van der Waals surface area contributed by atoms with E-state index in [0.29, 0.717) is 6.61 Å². The molecule has 0 bridgehead atoms. The third-order valence-electron chi connectivity index (χ3n) is 3.75. The average Bonchev–Trinajstić information content (AvgIpc) is 2.60. The van der Waals surface area contributed by atoms with Gasteiger partial charge in [-0.25, -0.2) is 0 Å². The van der Waals surface area contributed by atoms with Crippen molar-refractivity contribution in [3.8, 4) is 5.75 Å². The zero-order valence-corrected chi connectivity index (χ0v) is 14.4. The van der Waals surface area contributed by atoms with Crippen LogP contribution in [-0.2, 0) is 13.2 Å². The van der Waals surface area contributed by atoms with Crippen molar-refractivity contribution < 1.29 is 4.74 Å². The molecule has 0 aliphatic rings. The van der Waals surface area contributed by atoms with Crippen LogP contribution in [0.3, 0.4) is 0 Å². The maximum Gasteiger partial charge on any atom is 0.119 e. The summed E-state index contributed by atoms with van der Waals surface area (Å²) in [6, 6.07) is 24.3. The molecule has 0 spiro atoms. The predicted molar refractivity (Wildman–Crippen MR) is 101 cm³/mol. The molecule has 1 N–H and O–H groups in total. The van der Waals surface area contributed by atoms with Crippen LogP contribution in [0, 0.1) is 6.92 Å². The summed E-state index contributed by atoms with van der Waals surface area (Å²) in [5, 5.41) is 4.12. The topological polar surface area (TPSA) is 21.3 Å². The molecular formula is C21H20ClNO. The Labute approximate surface area is 148 Å². The molecular weight excluding hydrogens is 318 g/mol. The molecule has 0 aromatic heterocycles. The van der Waals surface area contributed by atoms with Gasteiger partial charge in [0, 0.05) is 17.3 Å². The number of benzene rings is 3. The summed E-state index contributed by atoms with van der Waals surface area (Å²) in [7, 11) is 0. The summed E-state index contributed by atoms with van der Waals surface area (Å²) in [6.07, 6.45) is 0. The second-order valence-corrected chi connectivity index (χ2v) is 6.22. The minimum atomic E-state index is 0.587. The zero-order valence-electron chi connectivity index (χ0n) is 13.6. The van der Waals surface area contributed by atoms with Gasteiger partial charge in [-0.2, -0.15) is 0 Å². The number of aryl methyl sites for hydroxylation is 1. The molecule has 0 heterocycles. The van der Waals surface area contributed by atoms with Gasteiger partial charge in [-0.1, -0.05) is 53.6 Å². The van der Waals surface area contributed by atoms with Crippen molar-refractivity contribution in [2.24, 2.45) is 0 Å². The van der Waals surface area contributed by atoms with Gasteiger partial charge in [-0.05, 0) is 54.4 Å². The Morgan fingerprint density at radius 1 is 0.875 bits per heavy atom. The highest BCUT2D eigenvalue weighted by Crippen LogP contribution is 2.17. The van der Waals surface area contributed by atoms with Gasteiger partial charge < -0.3 is 10.1 Å². The molecule has 0 saturated carbocycles. The third-order valence-corrected chi connectivity index (χ3v) is 4.00. The van der Waals surface area contributed by atoms with E-state index in [0.717, 1.165) is 23.0 Å². The first-order chi connectivity index (χ1) is 11.7. The number of hydrogen-bond donors (Lipinski definition) is 1. The second-order valence-electron chi connectivity index (χ2n) is 5.78. The maximum atomic E-state index is 5.89. The maximum absolute atomic E-state index is 5.89. The van der Waals surface area contributed by atoms with Crippen LogP contribution in [0.2, 0.25) is 5.02 Å². The number of halogens is 1. The summed E-state index contributed by atoms with van der Waals surface area (Å²) in [5.41, 5.74) is 4.69. The van der Waals surface area contributed by atoms with Gasteiger partial charge in [0.1, 0.15) is 12.4 Å². The first kappa shape index (κ1) is 16.4. The summed E-state index contributed by atoms with van der Waals surface area (Å²) < 4.78 is 5.84. The lowest BCUT2D eigenvalue weighted by Crippen LogP contribution is -1.99. The van der Waals surface area contributed by atoms with Crippen LogP contribution in [-0.4, -0.2) is 0 Å². The van der Waals surface area contributed by atoms with E-state index in [1.807, 2.05) is 36.4 Å². The summed E-state index contributed by atoms with van der Waals surface area (Å²) in [6.45, 7) is 3.44. The van der Waals surface area contributed by atoms with E-state index in [9.17, 15) is 0 Å². The smallest absolute Gasteiger partial charge is 0.119 e. The standard InChI is InChI=1S/C21H20ClNO/c1-16-3-2-4-18(13-16)15-24-21-11-5-17(6-12-21)14-23-20-9-7-19(22)8-10-20/h2-13,23H,14-15H2,1H3. The summed E-state index contributed by atoms with van der Waals surface area (Å²) in [5.74, 6) is 0.881. The van der Waals surface area contributed by atoms with E-state index >= 15 is 0 Å². The number of anilines is 1. The summed E-state index contributed by atoms with van der Waals surface area (Å²) >= 11 is 5.89. The van der Waals surface area contributed by atoms with Crippen LogP contribution in [0.5, 0.6) is 5.75 Å². The molecule has 0 aliphatic heterocycles. The molecule has 0 amide bonds. The molecule has 0 aliphatic carbocycles. The number of rotatable bonds is 6. The molecule has 0 saturated heterocycles. The zero-order chi connectivity index (χ0) is 16.8. The van der Waals surface area contributed by atoms with Crippen molar-refractivity contribution in [2.45, 2.75) is 20.1 Å². The fraction of sp³-hybridized carbons (Fsp3) is 0.143. The average molecular weight is 338 g/mol. The Balaban J connectivity index is 1.52. The highest BCUT2D eigenvalue weighted by atomic mass is 35.5. The van der Waals surface area contributed by atoms with E-state index in [1.165, 1.54) is 16.7 Å². The predicted octanol–water partition coefficient (Wildman–Crippen LogP) is 5.84. The molecule has 3 rings (SSSR count). The Bertz CT molecular complexity index is 782. The van der Waals surface area contributed by atoms with Crippen molar-refractivity contribution >= 4 is 17.3 Å². The molecule has 24 heavy (non-hydrogen) atoms. The van der Waals surface area contributed by atoms with Gasteiger partial charge in [0.2, 0.25) is 0 Å². The van der Waals surface area contributed by atoms with E-state index in [4.69, 9.17) is 16.3 Å². The van der Waals surface area contributed by atoms with Crippen LogP contribution in [0.25, 0.3) is 0 Å². The number of ether oxygens (including phenoxy) is 1. The molecule has 3 aromatic carbocycles. The van der Waals surface area contributed by atoms with Crippen molar-refractivity contribution in [1.82, 2.24) is 0 Å². The summed E-state index contributed by atoms with van der Waals surface area (Å²) in [4.78, 5) is 0. The lowest BCUT2D eigenvalue weighted by molar-refractivity contribution is 0.306. The molecule has 122 valence electrons. The molecule has 0 fully saturated rings. The molecule has 0 radical (unpaired) electrons. The Morgan fingerprint density at radius 2 is 1.62 bits per heavy atom. The Kier molecular flexibility index (Phi) is 5.39. The number of hydrogen-bond acceptors (Lipinski definition) is 2. The lowest BCUT2D eigenvalue weighted by atomic mass is 10.1. The van der Waals surface area contributed by atoms with Gasteiger partial charge in [-0.15, -0.1) is 0 Å². The Hall–Kier alpha value is -2.45. The van der Waals surface area contributed by atoms with Crippen molar-refractivity contribution in [3.05, 3.63) is 94.5 Å². The first-order valence-corrected chi connectivity index (χ1v) is 8.33. The fourth-order valence-electron chi connectivity index (χ4n) is 2.44. The highest BCUT2D eigenvalue weighted by Gasteiger charge is 1.99.